The normalized spacial score (nSPS) is 19.5. The van der Waals surface area contributed by atoms with Gasteiger partial charge in [-0.1, -0.05) is 18.6 Å². The number of primary amides is 1. The number of nitrogens with two attached hydrogens (primary N) is 3. The van der Waals surface area contributed by atoms with Crippen LogP contribution in [0.25, 0.3) is 10.2 Å². The summed E-state index contributed by atoms with van der Waals surface area (Å²) in [5.74, 6) is -1.50. The lowest BCUT2D eigenvalue weighted by Crippen LogP contribution is -2.45. The van der Waals surface area contributed by atoms with Crippen LogP contribution < -0.4 is 22.5 Å². The Morgan fingerprint density at radius 2 is 1.90 bits per heavy atom. The molecule has 1 aliphatic rings. The van der Waals surface area contributed by atoms with Gasteiger partial charge in [-0.3, -0.25) is 19.4 Å². The van der Waals surface area contributed by atoms with E-state index in [-0.39, 0.29) is 35.4 Å². The predicted molar refractivity (Wildman–Crippen MR) is 120 cm³/mol. The number of hydrogen-bond donors (Lipinski definition) is 4. The van der Waals surface area contributed by atoms with Crippen LogP contribution in [0.4, 0.5) is 0 Å². The zero-order chi connectivity index (χ0) is 22.4. The highest BCUT2D eigenvalue weighted by Crippen LogP contribution is 2.29. The van der Waals surface area contributed by atoms with Crippen molar-refractivity contribution in [3.63, 3.8) is 0 Å². The minimum Gasteiger partial charge on any atom is -0.370 e. The topological polar surface area (TPSA) is 167 Å². The Bertz CT molecular complexity index is 951. The summed E-state index contributed by atoms with van der Waals surface area (Å²) >= 11 is 1.30. The molecule has 31 heavy (non-hydrogen) atoms. The molecule has 3 atom stereocenters. The Kier molecular flexibility index (Phi) is 7.56. The lowest BCUT2D eigenvalue weighted by Gasteiger charge is -2.28. The Morgan fingerprint density at radius 3 is 2.61 bits per heavy atom. The van der Waals surface area contributed by atoms with Crippen LogP contribution in [0.15, 0.2) is 29.3 Å². The van der Waals surface area contributed by atoms with Crippen LogP contribution in [0, 0.1) is 11.8 Å². The Morgan fingerprint density at radius 1 is 1.16 bits per heavy atom. The Balaban J connectivity index is 1.73. The largest absolute Gasteiger partial charge is 0.370 e. The summed E-state index contributed by atoms with van der Waals surface area (Å²) in [6.45, 7) is 0.356. The number of carbonyl (C=O) groups is 3. The van der Waals surface area contributed by atoms with Crippen molar-refractivity contribution in [2.75, 3.05) is 6.54 Å². The van der Waals surface area contributed by atoms with Gasteiger partial charge in [-0.05, 0) is 44.2 Å². The van der Waals surface area contributed by atoms with Crippen molar-refractivity contribution in [2.45, 2.75) is 44.6 Å². The number of guanidine groups is 1. The number of benzene rings is 1. The lowest BCUT2D eigenvalue weighted by atomic mass is 9.80. The van der Waals surface area contributed by atoms with Crippen LogP contribution in [0.3, 0.4) is 0 Å². The molecule has 0 bridgehead atoms. The molecule has 1 saturated carbocycles. The number of carbonyl (C=O) groups excluding carboxylic acids is 3. The van der Waals surface area contributed by atoms with E-state index in [4.69, 9.17) is 17.2 Å². The highest BCUT2D eigenvalue weighted by atomic mass is 32.1. The Hall–Kier alpha value is -3.01. The number of rotatable bonds is 9. The zero-order valence-electron chi connectivity index (χ0n) is 17.3. The Labute approximate surface area is 184 Å². The molecule has 9 nitrogen and oxygen atoms in total. The quantitative estimate of drug-likeness (QED) is 0.197. The number of aromatic nitrogens is 1. The van der Waals surface area contributed by atoms with Crippen molar-refractivity contribution in [1.82, 2.24) is 10.3 Å². The van der Waals surface area contributed by atoms with Gasteiger partial charge in [0.2, 0.25) is 17.6 Å². The van der Waals surface area contributed by atoms with E-state index in [0.717, 1.165) is 16.6 Å². The molecule has 1 fully saturated rings. The number of para-hydroxylation sites is 1. The lowest BCUT2D eigenvalue weighted by molar-refractivity contribution is -0.129. The van der Waals surface area contributed by atoms with Crippen molar-refractivity contribution in [1.29, 1.82) is 0 Å². The highest BCUT2D eigenvalue weighted by Gasteiger charge is 2.32. The second-order valence-electron chi connectivity index (χ2n) is 7.82. The van der Waals surface area contributed by atoms with E-state index in [0.29, 0.717) is 43.7 Å². The smallest absolute Gasteiger partial charge is 0.223 e. The van der Waals surface area contributed by atoms with Crippen molar-refractivity contribution < 1.29 is 14.4 Å². The summed E-state index contributed by atoms with van der Waals surface area (Å²) in [7, 11) is 0. The minimum absolute atomic E-state index is 0.0159. The molecule has 2 amide bonds. The van der Waals surface area contributed by atoms with Crippen LogP contribution in [0.2, 0.25) is 0 Å². The number of fused-ring (bicyclic) bond motifs is 1. The van der Waals surface area contributed by atoms with E-state index >= 15 is 0 Å². The van der Waals surface area contributed by atoms with Gasteiger partial charge in [0.05, 0.1) is 16.3 Å². The monoisotopic (exact) mass is 444 g/mol. The predicted octanol–water partition coefficient (Wildman–Crippen LogP) is 1.31. The average Bonchev–Trinajstić information content (AvgIpc) is 3.19. The molecule has 1 heterocycles. The fourth-order valence-electron chi connectivity index (χ4n) is 3.87. The molecule has 166 valence electrons. The van der Waals surface area contributed by atoms with Gasteiger partial charge in [-0.25, -0.2) is 4.98 Å². The van der Waals surface area contributed by atoms with Gasteiger partial charge in [0.25, 0.3) is 0 Å². The molecule has 7 N–H and O–H groups in total. The molecule has 0 radical (unpaired) electrons. The van der Waals surface area contributed by atoms with Gasteiger partial charge in [-0.2, -0.15) is 0 Å². The maximum Gasteiger partial charge on any atom is 0.223 e. The number of thiazole rings is 1. The molecule has 1 aromatic heterocycles. The number of aliphatic imine (C=N–C) groups is 1. The fourth-order valence-corrected chi connectivity index (χ4v) is 4.83. The number of hydrogen-bond acceptors (Lipinski definition) is 6. The second kappa shape index (κ2) is 10.3. The van der Waals surface area contributed by atoms with Gasteiger partial charge < -0.3 is 22.5 Å². The number of ketones is 1. The first-order chi connectivity index (χ1) is 14.8. The van der Waals surface area contributed by atoms with Crippen molar-refractivity contribution in [3.05, 3.63) is 29.3 Å². The molecule has 0 spiro atoms. The molecular weight excluding hydrogens is 416 g/mol. The molecule has 1 aromatic carbocycles. The first-order valence-corrected chi connectivity index (χ1v) is 11.2. The molecule has 3 rings (SSSR count). The van der Waals surface area contributed by atoms with Crippen LogP contribution in [-0.4, -0.2) is 41.1 Å². The van der Waals surface area contributed by atoms with E-state index in [9.17, 15) is 14.4 Å². The van der Waals surface area contributed by atoms with E-state index < -0.39 is 6.04 Å². The third-order valence-electron chi connectivity index (χ3n) is 5.53. The van der Waals surface area contributed by atoms with Crippen molar-refractivity contribution >= 4 is 45.1 Å². The van der Waals surface area contributed by atoms with E-state index in [1.54, 1.807) is 0 Å². The van der Waals surface area contributed by atoms with E-state index in [1.807, 2.05) is 24.3 Å². The summed E-state index contributed by atoms with van der Waals surface area (Å²) in [6, 6.07) is 6.77. The van der Waals surface area contributed by atoms with Gasteiger partial charge in [-0.15, -0.1) is 11.3 Å². The number of nitrogens with one attached hydrogen (secondary N) is 1. The second-order valence-corrected chi connectivity index (χ2v) is 8.85. The molecule has 0 saturated heterocycles. The molecule has 3 unspecified atom stereocenters. The number of Topliss-reactive ketones (excluding diaryl/α,β-unsaturated/α-hetero) is 1. The van der Waals surface area contributed by atoms with Gasteiger partial charge in [0, 0.05) is 18.4 Å². The SMILES string of the molecule is NC(=O)C1CCCC(C(=O)NC(CCCN=C(N)N)C(=O)c2nc3ccccc3s2)C1. The third-order valence-corrected chi connectivity index (χ3v) is 6.58. The van der Waals surface area contributed by atoms with Gasteiger partial charge in [0.1, 0.15) is 0 Å². The average molecular weight is 445 g/mol. The minimum atomic E-state index is -0.740. The molecule has 1 aliphatic carbocycles. The number of amides is 2. The third kappa shape index (κ3) is 6.00. The number of nitrogens with zero attached hydrogens (tertiary/aromatic N) is 2. The van der Waals surface area contributed by atoms with Crippen LogP contribution in [-0.2, 0) is 9.59 Å². The molecule has 0 aliphatic heterocycles. The van der Waals surface area contributed by atoms with Crippen molar-refractivity contribution in [3.8, 4) is 0 Å². The first-order valence-electron chi connectivity index (χ1n) is 10.4. The maximum atomic E-state index is 13.2. The summed E-state index contributed by atoms with van der Waals surface area (Å²) in [5, 5.41) is 3.25. The molecular formula is C21H28N6O3S. The van der Waals surface area contributed by atoms with Crippen molar-refractivity contribution in [2.24, 2.45) is 34.0 Å². The van der Waals surface area contributed by atoms with Gasteiger partial charge in [0.15, 0.2) is 11.0 Å². The first kappa shape index (κ1) is 22.7. The zero-order valence-corrected chi connectivity index (χ0v) is 18.1. The van der Waals surface area contributed by atoms with Crippen LogP contribution >= 0.6 is 11.3 Å². The maximum absolute atomic E-state index is 13.2. The standard InChI is InChI=1S/C21H28N6O3S/c22-18(29)12-5-3-6-13(11-12)19(30)26-15(8-4-10-25-21(23)24)17(28)20-27-14-7-1-2-9-16(14)31-20/h1-2,7,9,12-13,15H,3-6,8,10-11H2,(H2,22,29)(H,26,30)(H4,23,24,25). The van der Waals surface area contributed by atoms with E-state index in [1.165, 1.54) is 11.3 Å². The molecule has 2 aromatic rings. The van der Waals surface area contributed by atoms with Gasteiger partial charge >= 0.3 is 0 Å². The van der Waals surface area contributed by atoms with Crippen LogP contribution in [0.5, 0.6) is 0 Å². The summed E-state index contributed by atoms with van der Waals surface area (Å²) in [5.41, 5.74) is 16.9. The molecule has 10 heteroatoms. The van der Waals surface area contributed by atoms with Crippen LogP contribution in [0.1, 0.15) is 48.3 Å². The fraction of sp³-hybridized carbons (Fsp3) is 0.476. The summed E-state index contributed by atoms with van der Waals surface area (Å²) < 4.78 is 0.910. The summed E-state index contributed by atoms with van der Waals surface area (Å²) in [4.78, 5) is 46.1. The summed E-state index contributed by atoms with van der Waals surface area (Å²) in [6.07, 6.45) is 3.44. The highest BCUT2D eigenvalue weighted by molar-refractivity contribution is 7.20. The van der Waals surface area contributed by atoms with E-state index in [2.05, 4.69) is 15.3 Å².